The summed E-state index contributed by atoms with van der Waals surface area (Å²) in [6.45, 7) is 11.3. The van der Waals surface area contributed by atoms with E-state index in [2.05, 4.69) is 45.9 Å². The summed E-state index contributed by atoms with van der Waals surface area (Å²) in [6, 6.07) is 9.60. The van der Waals surface area contributed by atoms with Gasteiger partial charge in [0.2, 0.25) is 5.95 Å². The largest absolute Gasteiger partial charge is 0.338 e. The van der Waals surface area contributed by atoms with Crippen LogP contribution in [0.2, 0.25) is 0 Å². The first kappa shape index (κ1) is 18.3. The highest BCUT2D eigenvalue weighted by atomic mass is 16.1. The third-order valence-electron chi connectivity index (χ3n) is 4.81. The standard InChI is InChI=1S/C20H27N5O/c1-4-24-11-13-25(14-12-24)20-21-10-9-18(23-20)19(26)22-17-7-5-16(6-8-17)15(2)3/h5-10,15H,4,11-14H2,1-3H3,(H,22,26). The highest BCUT2D eigenvalue weighted by molar-refractivity contribution is 6.02. The molecule has 1 amide bonds. The number of benzene rings is 1. The van der Waals surface area contributed by atoms with E-state index in [0.29, 0.717) is 17.6 Å². The predicted octanol–water partition coefficient (Wildman–Crippen LogP) is 2.99. The van der Waals surface area contributed by atoms with Gasteiger partial charge in [0.15, 0.2) is 0 Å². The van der Waals surface area contributed by atoms with Crippen molar-refractivity contribution in [3.63, 3.8) is 0 Å². The van der Waals surface area contributed by atoms with Crippen LogP contribution in [0.1, 0.15) is 42.7 Å². The van der Waals surface area contributed by atoms with Crippen molar-refractivity contribution in [3.8, 4) is 0 Å². The lowest BCUT2D eigenvalue weighted by molar-refractivity contribution is 0.102. The monoisotopic (exact) mass is 353 g/mol. The number of carbonyl (C=O) groups excluding carboxylic acids is 1. The topological polar surface area (TPSA) is 61.4 Å². The Morgan fingerprint density at radius 2 is 1.81 bits per heavy atom. The molecule has 1 aliphatic heterocycles. The van der Waals surface area contributed by atoms with Crippen LogP contribution in [0, 0.1) is 0 Å². The van der Waals surface area contributed by atoms with E-state index in [1.54, 1.807) is 12.3 Å². The molecule has 138 valence electrons. The third-order valence-corrected chi connectivity index (χ3v) is 4.81. The van der Waals surface area contributed by atoms with Crippen LogP contribution in [-0.2, 0) is 0 Å². The predicted molar refractivity (Wildman–Crippen MR) is 105 cm³/mol. The first-order chi connectivity index (χ1) is 12.6. The molecule has 6 nitrogen and oxygen atoms in total. The first-order valence-corrected chi connectivity index (χ1v) is 9.28. The van der Waals surface area contributed by atoms with Crippen molar-refractivity contribution < 1.29 is 4.79 Å². The van der Waals surface area contributed by atoms with Crippen LogP contribution in [0.25, 0.3) is 0 Å². The summed E-state index contributed by atoms with van der Waals surface area (Å²) < 4.78 is 0. The van der Waals surface area contributed by atoms with E-state index in [0.717, 1.165) is 38.4 Å². The fourth-order valence-electron chi connectivity index (χ4n) is 3.04. The van der Waals surface area contributed by atoms with Crippen molar-refractivity contribution in [2.75, 3.05) is 42.9 Å². The van der Waals surface area contributed by atoms with Crippen LogP contribution in [0.5, 0.6) is 0 Å². The van der Waals surface area contributed by atoms with E-state index < -0.39 is 0 Å². The van der Waals surface area contributed by atoms with Gasteiger partial charge in [0.1, 0.15) is 5.69 Å². The van der Waals surface area contributed by atoms with Gasteiger partial charge in [-0.15, -0.1) is 0 Å². The summed E-state index contributed by atoms with van der Waals surface area (Å²) in [7, 11) is 0. The van der Waals surface area contributed by atoms with Gasteiger partial charge in [-0.3, -0.25) is 4.79 Å². The summed E-state index contributed by atoms with van der Waals surface area (Å²) in [5.74, 6) is 0.888. The van der Waals surface area contributed by atoms with Crippen LogP contribution < -0.4 is 10.2 Å². The zero-order chi connectivity index (χ0) is 18.5. The molecule has 0 saturated carbocycles. The normalized spacial score (nSPS) is 15.3. The Balaban J connectivity index is 1.66. The molecule has 1 fully saturated rings. The number of likely N-dealkylation sites (N-methyl/N-ethyl adjacent to an activating group) is 1. The van der Waals surface area contributed by atoms with Crippen LogP contribution in [-0.4, -0.2) is 53.5 Å². The average Bonchev–Trinajstić information content (AvgIpc) is 2.68. The van der Waals surface area contributed by atoms with Crippen LogP contribution >= 0.6 is 0 Å². The van der Waals surface area contributed by atoms with Gasteiger partial charge in [-0.2, -0.15) is 0 Å². The second-order valence-corrected chi connectivity index (χ2v) is 6.89. The highest BCUT2D eigenvalue weighted by Crippen LogP contribution is 2.18. The number of rotatable bonds is 5. The Kier molecular flexibility index (Phi) is 5.83. The molecule has 3 rings (SSSR count). The maximum absolute atomic E-state index is 12.5. The van der Waals surface area contributed by atoms with E-state index in [9.17, 15) is 4.79 Å². The molecule has 0 bridgehead atoms. The molecule has 1 aliphatic rings. The zero-order valence-corrected chi connectivity index (χ0v) is 15.8. The number of piperazine rings is 1. The zero-order valence-electron chi connectivity index (χ0n) is 15.8. The van der Waals surface area contributed by atoms with Gasteiger partial charge in [-0.05, 0) is 36.2 Å². The average molecular weight is 353 g/mol. The van der Waals surface area contributed by atoms with Gasteiger partial charge >= 0.3 is 0 Å². The Morgan fingerprint density at radius 3 is 2.42 bits per heavy atom. The Bertz CT molecular complexity index is 736. The fourth-order valence-corrected chi connectivity index (χ4v) is 3.04. The van der Waals surface area contributed by atoms with Crippen molar-refractivity contribution in [2.24, 2.45) is 0 Å². The lowest BCUT2D eigenvalue weighted by Gasteiger charge is -2.34. The van der Waals surface area contributed by atoms with Crippen molar-refractivity contribution >= 4 is 17.5 Å². The van der Waals surface area contributed by atoms with Gasteiger partial charge in [-0.1, -0.05) is 32.9 Å². The molecule has 1 saturated heterocycles. The Morgan fingerprint density at radius 1 is 1.12 bits per heavy atom. The number of aromatic nitrogens is 2. The third kappa shape index (κ3) is 4.38. The molecule has 0 aliphatic carbocycles. The van der Waals surface area contributed by atoms with Gasteiger partial charge in [-0.25, -0.2) is 9.97 Å². The second kappa shape index (κ2) is 8.27. The van der Waals surface area contributed by atoms with E-state index in [1.165, 1.54) is 5.56 Å². The molecule has 0 spiro atoms. The molecule has 1 N–H and O–H groups in total. The number of hydrogen-bond acceptors (Lipinski definition) is 5. The second-order valence-electron chi connectivity index (χ2n) is 6.89. The van der Waals surface area contributed by atoms with Crippen LogP contribution in [0.3, 0.4) is 0 Å². The first-order valence-electron chi connectivity index (χ1n) is 9.28. The maximum atomic E-state index is 12.5. The highest BCUT2D eigenvalue weighted by Gasteiger charge is 2.19. The van der Waals surface area contributed by atoms with Crippen LogP contribution in [0.4, 0.5) is 11.6 Å². The molecular weight excluding hydrogens is 326 g/mol. The summed E-state index contributed by atoms with van der Waals surface area (Å²) >= 11 is 0. The summed E-state index contributed by atoms with van der Waals surface area (Å²) in [6.07, 6.45) is 1.66. The quantitative estimate of drug-likeness (QED) is 0.895. The van der Waals surface area contributed by atoms with E-state index in [-0.39, 0.29) is 5.91 Å². The molecule has 6 heteroatoms. The minimum atomic E-state index is -0.210. The number of carbonyl (C=O) groups is 1. The van der Waals surface area contributed by atoms with Crippen molar-refractivity contribution in [2.45, 2.75) is 26.7 Å². The van der Waals surface area contributed by atoms with Crippen molar-refractivity contribution in [1.29, 1.82) is 0 Å². The Hall–Kier alpha value is -2.47. The van der Waals surface area contributed by atoms with Gasteiger partial charge in [0.25, 0.3) is 5.91 Å². The smallest absolute Gasteiger partial charge is 0.274 e. The molecule has 2 aromatic rings. The summed E-state index contributed by atoms with van der Waals surface area (Å²) in [5, 5.41) is 2.91. The van der Waals surface area contributed by atoms with Crippen molar-refractivity contribution in [3.05, 3.63) is 47.8 Å². The summed E-state index contributed by atoms with van der Waals surface area (Å²) in [5.41, 5.74) is 2.41. The van der Waals surface area contributed by atoms with Crippen LogP contribution in [0.15, 0.2) is 36.5 Å². The molecule has 0 radical (unpaired) electrons. The van der Waals surface area contributed by atoms with Gasteiger partial charge in [0.05, 0.1) is 0 Å². The maximum Gasteiger partial charge on any atom is 0.274 e. The lowest BCUT2D eigenvalue weighted by Crippen LogP contribution is -2.46. The minimum absolute atomic E-state index is 0.210. The molecule has 1 aromatic carbocycles. The molecule has 26 heavy (non-hydrogen) atoms. The molecule has 0 atom stereocenters. The van der Waals surface area contributed by atoms with Crippen molar-refractivity contribution in [1.82, 2.24) is 14.9 Å². The summed E-state index contributed by atoms with van der Waals surface area (Å²) in [4.78, 5) is 25.9. The van der Waals surface area contributed by atoms with Gasteiger partial charge in [0, 0.05) is 38.1 Å². The van der Waals surface area contributed by atoms with E-state index >= 15 is 0 Å². The fraction of sp³-hybridized carbons (Fsp3) is 0.450. The SMILES string of the molecule is CCN1CCN(c2nccc(C(=O)Nc3ccc(C(C)C)cc3)n2)CC1. The minimum Gasteiger partial charge on any atom is -0.338 e. The van der Waals surface area contributed by atoms with Gasteiger partial charge < -0.3 is 15.1 Å². The number of anilines is 2. The van der Waals surface area contributed by atoms with E-state index in [4.69, 9.17) is 0 Å². The number of hydrogen-bond donors (Lipinski definition) is 1. The lowest BCUT2D eigenvalue weighted by atomic mass is 10.0. The number of nitrogens with zero attached hydrogens (tertiary/aromatic N) is 4. The number of nitrogens with one attached hydrogen (secondary N) is 1. The molecule has 1 aromatic heterocycles. The molecule has 0 unspecified atom stereocenters. The molecular formula is C20H27N5O. The number of amides is 1. The Labute approximate surface area is 155 Å². The molecule has 2 heterocycles. The van der Waals surface area contributed by atoms with E-state index in [1.807, 2.05) is 24.3 Å².